The number of halogens is 2. The zero-order valence-corrected chi connectivity index (χ0v) is 18.8. The molecule has 5 rings (SSSR count). The number of furan rings is 1. The van der Waals surface area contributed by atoms with E-state index >= 15 is 0 Å². The molecule has 1 amide bonds. The lowest BCUT2D eigenvalue weighted by atomic mass is 10.2. The van der Waals surface area contributed by atoms with E-state index in [1.807, 2.05) is 36.1 Å². The summed E-state index contributed by atoms with van der Waals surface area (Å²) in [4.78, 5) is 17.5. The van der Waals surface area contributed by atoms with Crippen LogP contribution in [-0.2, 0) is 6.54 Å². The molecule has 1 aliphatic heterocycles. The summed E-state index contributed by atoms with van der Waals surface area (Å²) in [5.74, 6) is -1.09. The molecule has 34 heavy (non-hydrogen) atoms. The number of aromatic nitrogens is 1. The second-order valence-electron chi connectivity index (χ2n) is 8.21. The van der Waals surface area contributed by atoms with Gasteiger partial charge in [0.2, 0.25) is 0 Å². The van der Waals surface area contributed by atoms with Crippen LogP contribution < -0.4 is 9.64 Å². The minimum atomic E-state index is -0.913. The highest BCUT2D eigenvalue weighted by Crippen LogP contribution is 2.30. The van der Waals surface area contributed by atoms with Crippen molar-refractivity contribution >= 4 is 22.7 Å². The van der Waals surface area contributed by atoms with Gasteiger partial charge in [-0.3, -0.25) is 4.79 Å². The first kappa shape index (κ1) is 22.0. The highest BCUT2D eigenvalue weighted by molar-refractivity contribution is 5.97. The van der Waals surface area contributed by atoms with E-state index in [0.29, 0.717) is 49.6 Å². The number of hydrogen-bond donors (Lipinski definition) is 0. The first-order valence-electron chi connectivity index (χ1n) is 11.3. The summed E-state index contributed by atoms with van der Waals surface area (Å²) in [5, 5.41) is 0. The lowest BCUT2D eigenvalue weighted by Gasteiger charge is -2.36. The number of hydrogen-bond acceptors (Lipinski definition) is 4. The van der Waals surface area contributed by atoms with Crippen molar-refractivity contribution in [1.82, 2.24) is 9.47 Å². The van der Waals surface area contributed by atoms with E-state index in [2.05, 4.69) is 4.90 Å². The molecule has 8 heteroatoms. The van der Waals surface area contributed by atoms with Gasteiger partial charge in [-0.1, -0.05) is 18.2 Å². The second-order valence-corrected chi connectivity index (χ2v) is 8.21. The molecule has 0 atom stereocenters. The van der Waals surface area contributed by atoms with Gasteiger partial charge in [0.05, 0.1) is 24.1 Å². The number of carbonyl (C=O) groups excluding carboxylic acids is 1. The van der Waals surface area contributed by atoms with Crippen LogP contribution in [0.4, 0.5) is 14.5 Å². The minimum Gasteiger partial charge on any atom is -0.492 e. The summed E-state index contributed by atoms with van der Waals surface area (Å²) in [7, 11) is 0. The third-order valence-corrected chi connectivity index (χ3v) is 6.14. The summed E-state index contributed by atoms with van der Waals surface area (Å²) in [6.07, 6.45) is 1.55. The number of amides is 1. The molecule has 0 radical (unpaired) electrons. The van der Waals surface area contributed by atoms with Gasteiger partial charge in [0.1, 0.15) is 11.4 Å². The third-order valence-electron chi connectivity index (χ3n) is 6.14. The van der Waals surface area contributed by atoms with Crippen LogP contribution in [0.15, 0.2) is 65.3 Å². The molecule has 1 aliphatic rings. The molecule has 3 heterocycles. The van der Waals surface area contributed by atoms with Crippen LogP contribution in [0, 0.1) is 11.6 Å². The Hall–Kier alpha value is -3.81. The molecule has 0 bridgehead atoms. The fourth-order valence-electron chi connectivity index (χ4n) is 4.45. The third kappa shape index (κ3) is 4.11. The van der Waals surface area contributed by atoms with E-state index in [9.17, 15) is 13.6 Å². The van der Waals surface area contributed by atoms with Crippen molar-refractivity contribution in [3.05, 3.63) is 83.8 Å². The van der Waals surface area contributed by atoms with Crippen LogP contribution in [0.1, 0.15) is 23.0 Å². The molecule has 0 unspecified atom stereocenters. The number of para-hydroxylation sites is 2. The normalized spacial score (nSPS) is 14.1. The summed E-state index contributed by atoms with van der Waals surface area (Å²) < 4.78 is 40.2. The van der Waals surface area contributed by atoms with Gasteiger partial charge >= 0.3 is 0 Å². The molecule has 2 aromatic carbocycles. The van der Waals surface area contributed by atoms with Gasteiger partial charge in [-0.15, -0.1) is 0 Å². The Bertz CT molecular complexity index is 1320. The van der Waals surface area contributed by atoms with E-state index in [-0.39, 0.29) is 12.5 Å². The van der Waals surface area contributed by atoms with Crippen LogP contribution in [0.25, 0.3) is 11.1 Å². The number of piperazine rings is 1. The molecule has 0 spiro atoms. The molecular formula is C26H25F2N3O3. The highest BCUT2D eigenvalue weighted by atomic mass is 19.2. The summed E-state index contributed by atoms with van der Waals surface area (Å²) >= 11 is 0. The van der Waals surface area contributed by atoms with Crippen LogP contribution >= 0.6 is 0 Å². The van der Waals surface area contributed by atoms with Crippen molar-refractivity contribution in [2.24, 2.45) is 0 Å². The summed E-state index contributed by atoms with van der Waals surface area (Å²) in [6, 6.07) is 15.2. The van der Waals surface area contributed by atoms with Crippen LogP contribution in [0.5, 0.6) is 5.75 Å². The fourth-order valence-corrected chi connectivity index (χ4v) is 4.45. The Morgan fingerprint density at radius 1 is 1.00 bits per heavy atom. The fraction of sp³-hybridized carbons (Fsp3) is 0.269. The molecule has 4 aromatic rings. The summed E-state index contributed by atoms with van der Waals surface area (Å²) in [5.41, 5.74) is 3.36. The lowest BCUT2D eigenvalue weighted by Crippen LogP contribution is -2.49. The maximum atomic E-state index is 13.8. The monoisotopic (exact) mass is 465 g/mol. The summed E-state index contributed by atoms with van der Waals surface area (Å²) in [6.45, 7) is 5.23. The van der Waals surface area contributed by atoms with Crippen molar-refractivity contribution in [1.29, 1.82) is 0 Å². The largest absolute Gasteiger partial charge is 0.492 e. The van der Waals surface area contributed by atoms with Gasteiger partial charge in [-0.2, -0.15) is 0 Å². The molecule has 6 nitrogen and oxygen atoms in total. The second kappa shape index (κ2) is 9.21. The van der Waals surface area contributed by atoms with Gasteiger partial charge in [-0.25, -0.2) is 8.78 Å². The first-order chi connectivity index (χ1) is 16.5. The molecule has 176 valence electrons. The van der Waals surface area contributed by atoms with Gasteiger partial charge in [0, 0.05) is 44.9 Å². The number of fused-ring (bicyclic) bond motifs is 1. The van der Waals surface area contributed by atoms with E-state index in [1.165, 1.54) is 6.07 Å². The topological polar surface area (TPSA) is 50.9 Å². The molecule has 1 fully saturated rings. The number of rotatable bonds is 6. The number of benzene rings is 2. The van der Waals surface area contributed by atoms with Crippen molar-refractivity contribution in [2.75, 3.05) is 37.7 Å². The van der Waals surface area contributed by atoms with Crippen LogP contribution in [0.2, 0.25) is 0 Å². The highest BCUT2D eigenvalue weighted by Gasteiger charge is 2.27. The smallest absolute Gasteiger partial charge is 0.270 e. The Kier molecular flexibility index (Phi) is 5.96. The van der Waals surface area contributed by atoms with Gasteiger partial charge in [0.15, 0.2) is 17.2 Å². The zero-order valence-electron chi connectivity index (χ0n) is 18.8. The van der Waals surface area contributed by atoms with E-state index < -0.39 is 11.6 Å². The zero-order chi connectivity index (χ0) is 23.7. The molecule has 0 saturated carbocycles. The average molecular weight is 466 g/mol. The maximum Gasteiger partial charge on any atom is 0.270 e. The van der Waals surface area contributed by atoms with Crippen molar-refractivity contribution in [3.8, 4) is 5.75 Å². The van der Waals surface area contributed by atoms with Crippen molar-refractivity contribution in [3.63, 3.8) is 0 Å². The van der Waals surface area contributed by atoms with Gasteiger partial charge in [0.25, 0.3) is 5.91 Å². The molecule has 2 aromatic heterocycles. The minimum absolute atomic E-state index is 0.119. The number of ether oxygens (including phenoxy) is 1. The molecule has 0 N–H and O–H groups in total. The van der Waals surface area contributed by atoms with Crippen molar-refractivity contribution < 1.29 is 22.7 Å². The van der Waals surface area contributed by atoms with E-state index in [1.54, 1.807) is 23.0 Å². The standard InChI is InChI=1S/C26H25F2N3O3/c1-2-33-24-6-4-3-5-21(24)29-10-12-30(13-11-29)26(32)23-16-25-22(9-14-34-25)31(23)17-18-7-8-19(27)20(28)15-18/h3-9,14-16H,2,10-13,17H2,1H3. The Morgan fingerprint density at radius 3 is 2.56 bits per heavy atom. The molecule has 1 saturated heterocycles. The quantitative estimate of drug-likeness (QED) is 0.406. The Labute approximate surface area is 195 Å². The lowest BCUT2D eigenvalue weighted by molar-refractivity contribution is 0.0736. The molecular weight excluding hydrogens is 440 g/mol. The maximum absolute atomic E-state index is 13.8. The van der Waals surface area contributed by atoms with Crippen molar-refractivity contribution in [2.45, 2.75) is 13.5 Å². The average Bonchev–Trinajstić information content (AvgIpc) is 3.44. The molecule has 0 aliphatic carbocycles. The number of nitrogens with zero attached hydrogens (tertiary/aromatic N) is 3. The van der Waals surface area contributed by atoms with Gasteiger partial charge < -0.3 is 23.5 Å². The SMILES string of the molecule is CCOc1ccccc1N1CCN(C(=O)c2cc3occc3n2Cc2ccc(F)c(F)c2)CC1. The Morgan fingerprint density at radius 2 is 1.79 bits per heavy atom. The number of anilines is 1. The van der Waals surface area contributed by atoms with E-state index in [0.717, 1.165) is 29.1 Å². The predicted molar refractivity (Wildman–Crippen MR) is 125 cm³/mol. The van der Waals surface area contributed by atoms with Crippen LogP contribution in [0.3, 0.4) is 0 Å². The van der Waals surface area contributed by atoms with E-state index in [4.69, 9.17) is 9.15 Å². The van der Waals surface area contributed by atoms with Crippen LogP contribution in [-0.4, -0.2) is 48.2 Å². The van der Waals surface area contributed by atoms with Gasteiger partial charge in [-0.05, 0) is 36.8 Å². The number of carbonyl (C=O) groups is 1. The first-order valence-corrected chi connectivity index (χ1v) is 11.3. The predicted octanol–water partition coefficient (Wildman–Crippen LogP) is 4.92. The Balaban J connectivity index is 1.36.